The molecule has 7 nitrogen and oxygen atoms in total. The minimum atomic E-state index is -0.800. The summed E-state index contributed by atoms with van der Waals surface area (Å²) in [4.78, 5) is 27.1. The van der Waals surface area contributed by atoms with E-state index in [1.165, 1.54) is 16.2 Å². The quantitative estimate of drug-likeness (QED) is 0.404. The van der Waals surface area contributed by atoms with Gasteiger partial charge in [-0.3, -0.25) is 14.5 Å². The summed E-state index contributed by atoms with van der Waals surface area (Å²) in [5, 5.41) is 20.0. The molecule has 2 heterocycles. The monoisotopic (exact) mass is 407 g/mol. The highest BCUT2D eigenvalue weighted by molar-refractivity contribution is 7.15. The largest absolute Gasteiger partial charge is 0.507 e. The van der Waals surface area contributed by atoms with Crippen molar-refractivity contribution in [3.63, 3.8) is 0 Å². The lowest BCUT2D eigenvalue weighted by atomic mass is 9.95. The van der Waals surface area contributed by atoms with Crippen LogP contribution >= 0.6 is 11.3 Å². The highest BCUT2D eigenvalue weighted by Crippen LogP contribution is 2.42. The standard InChI is InChI=1S/C21H17N3O4S/c1-12-22-23-21(29-12)24-17(13-6-4-3-5-7-13)16(19(26)20(24)27)18(25)14-8-10-15(28-2)11-9-14/h3-11,17,25H,1-2H3/t17-/m1/s1. The maximum Gasteiger partial charge on any atom is 0.301 e. The molecule has 1 N–H and O–H groups in total. The molecule has 4 rings (SSSR count). The van der Waals surface area contributed by atoms with Crippen molar-refractivity contribution in [3.05, 3.63) is 76.3 Å². The molecule has 1 fully saturated rings. The Kier molecular flexibility index (Phi) is 4.85. The van der Waals surface area contributed by atoms with Crippen LogP contribution in [-0.4, -0.2) is 34.1 Å². The Bertz CT molecular complexity index is 1110. The maximum absolute atomic E-state index is 12.9. The second kappa shape index (κ2) is 7.48. The van der Waals surface area contributed by atoms with Crippen LogP contribution in [0.2, 0.25) is 0 Å². The van der Waals surface area contributed by atoms with Crippen LogP contribution < -0.4 is 9.64 Å². The molecular formula is C21H17N3O4S. The summed E-state index contributed by atoms with van der Waals surface area (Å²) in [6.07, 6.45) is 0. The molecule has 1 saturated heterocycles. The first kappa shape index (κ1) is 18.8. The van der Waals surface area contributed by atoms with E-state index in [4.69, 9.17) is 4.74 Å². The van der Waals surface area contributed by atoms with Crippen LogP contribution in [0.15, 0.2) is 60.2 Å². The number of amides is 1. The second-order valence-electron chi connectivity index (χ2n) is 6.41. The van der Waals surface area contributed by atoms with E-state index in [0.717, 1.165) is 0 Å². The van der Waals surface area contributed by atoms with Gasteiger partial charge in [-0.2, -0.15) is 0 Å². The molecule has 0 radical (unpaired) electrons. The maximum atomic E-state index is 12.9. The third kappa shape index (κ3) is 3.27. The second-order valence-corrected chi connectivity index (χ2v) is 7.57. The number of nitrogens with zero attached hydrogens (tertiary/aromatic N) is 3. The predicted octanol–water partition coefficient (Wildman–Crippen LogP) is 3.48. The number of aryl methyl sites for hydroxylation is 1. The van der Waals surface area contributed by atoms with Gasteiger partial charge in [-0.1, -0.05) is 41.7 Å². The van der Waals surface area contributed by atoms with Gasteiger partial charge in [-0.05, 0) is 36.8 Å². The van der Waals surface area contributed by atoms with Crippen molar-refractivity contribution < 1.29 is 19.4 Å². The molecule has 0 aliphatic carbocycles. The molecule has 0 saturated carbocycles. The van der Waals surface area contributed by atoms with Gasteiger partial charge in [0.05, 0.1) is 18.7 Å². The van der Waals surface area contributed by atoms with Gasteiger partial charge in [0.2, 0.25) is 5.13 Å². The molecular weight excluding hydrogens is 390 g/mol. The van der Waals surface area contributed by atoms with Gasteiger partial charge in [-0.25, -0.2) is 0 Å². The van der Waals surface area contributed by atoms with Crippen LogP contribution in [0, 0.1) is 6.92 Å². The zero-order chi connectivity index (χ0) is 20.5. The van der Waals surface area contributed by atoms with Crippen LogP contribution in [0.25, 0.3) is 5.76 Å². The number of rotatable bonds is 4. The van der Waals surface area contributed by atoms with Gasteiger partial charge < -0.3 is 9.84 Å². The summed E-state index contributed by atoms with van der Waals surface area (Å²) >= 11 is 1.21. The fourth-order valence-corrected chi connectivity index (χ4v) is 3.98. The number of ether oxygens (including phenoxy) is 1. The number of ketones is 1. The first-order valence-corrected chi connectivity index (χ1v) is 9.63. The van der Waals surface area contributed by atoms with Crippen molar-refractivity contribution in [1.82, 2.24) is 10.2 Å². The van der Waals surface area contributed by atoms with E-state index in [-0.39, 0.29) is 11.3 Å². The number of methoxy groups -OCH3 is 1. The summed E-state index contributed by atoms with van der Waals surface area (Å²) in [5.41, 5.74) is 1.12. The Morgan fingerprint density at radius 1 is 1.07 bits per heavy atom. The number of carbonyl (C=O) groups is 2. The number of carbonyl (C=O) groups excluding carboxylic acids is 2. The van der Waals surface area contributed by atoms with E-state index >= 15 is 0 Å². The molecule has 29 heavy (non-hydrogen) atoms. The Morgan fingerprint density at radius 3 is 2.34 bits per heavy atom. The number of hydrogen-bond acceptors (Lipinski definition) is 7. The Balaban J connectivity index is 1.90. The highest BCUT2D eigenvalue weighted by Gasteiger charge is 2.48. The topological polar surface area (TPSA) is 92.6 Å². The minimum absolute atomic E-state index is 0.0132. The number of Topliss-reactive ketones (excluding diaryl/α,β-unsaturated/α-hetero) is 1. The number of aliphatic hydroxyl groups is 1. The molecule has 1 atom stereocenters. The lowest BCUT2D eigenvalue weighted by Gasteiger charge is -2.22. The predicted molar refractivity (Wildman–Crippen MR) is 109 cm³/mol. The smallest absolute Gasteiger partial charge is 0.301 e. The molecule has 1 aliphatic heterocycles. The highest BCUT2D eigenvalue weighted by atomic mass is 32.1. The van der Waals surface area contributed by atoms with Gasteiger partial charge in [0.25, 0.3) is 5.78 Å². The van der Waals surface area contributed by atoms with E-state index in [0.29, 0.717) is 27.0 Å². The Labute approximate surface area is 170 Å². The summed E-state index contributed by atoms with van der Waals surface area (Å²) < 4.78 is 5.14. The molecule has 1 aliphatic rings. The summed E-state index contributed by atoms with van der Waals surface area (Å²) in [7, 11) is 1.54. The molecule has 1 aromatic heterocycles. The third-order valence-corrected chi connectivity index (χ3v) is 5.48. The van der Waals surface area contributed by atoms with Crippen molar-refractivity contribution in [1.29, 1.82) is 0 Å². The number of benzene rings is 2. The van der Waals surface area contributed by atoms with E-state index < -0.39 is 17.7 Å². The van der Waals surface area contributed by atoms with Crippen molar-refractivity contribution in [3.8, 4) is 5.75 Å². The Hall–Kier alpha value is -3.52. The summed E-state index contributed by atoms with van der Waals surface area (Å²) in [6, 6.07) is 14.9. The van der Waals surface area contributed by atoms with E-state index in [1.807, 2.05) is 18.2 Å². The molecule has 146 valence electrons. The molecule has 3 aromatic rings. The number of anilines is 1. The van der Waals surface area contributed by atoms with Gasteiger partial charge in [-0.15, -0.1) is 10.2 Å². The third-order valence-electron chi connectivity index (χ3n) is 4.64. The van der Waals surface area contributed by atoms with Crippen LogP contribution in [-0.2, 0) is 9.59 Å². The zero-order valence-corrected chi connectivity index (χ0v) is 16.5. The molecule has 2 aromatic carbocycles. The van der Waals surface area contributed by atoms with Crippen LogP contribution in [0.5, 0.6) is 5.75 Å². The lowest BCUT2D eigenvalue weighted by Crippen LogP contribution is -2.29. The minimum Gasteiger partial charge on any atom is -0.507 e. The molecule has 0 spiro atoms. The average Bonchev–Trinajstić information content (AvgIpc) is 3.29. The lowest BCUT2D eigenvalue weighted by molar-refractivity contribution is -0.132. The molecule has 0 bridgehead atoms. The van der Waals surface area contributed by atoms with Crippen molar-refractivity contribution in [2.75, 3.05) is 12.0 Å². The van der Waals surface area contributed by atoms with Crippen LogP contribution in [0.3, 0.4) is 0 Å². The van der Waals surface area contributed by atoms with Crippen molar-refractivity contribution >= 4 is 33.9 Å². The van der Waals surface area contributed by atoms with Gasteiger partial charge in [0.15, 0.2) is 0 Å². The fourth-order valence-electron chi connectivity index (χ4n) is 3.27. The van der Waals surface area contributed by atoms with Crippen molar-refractivity contribution in [2.24, 2.45) is 0 Å². The molecule has 0 unspecified atom stereocenters. The number of aliphatic hydroxyl groups excluding tert-OH is 1. The first-order chi connectivity index (χ1) is 14.0. The molecule has 1 amide bonds. The van der Waals surface area contributed by atoms with E-state index in [9.17, 15) is 14.7 Å². The van der Waals surface area contributed by atoms with E-state index in [1.54, 1.807) is 50.4 Å². The SMILES string of the molecule is COc1ccc(C(O)=C2C(=O)C(=O)N(c3nnc(C)s3)[C@@H]2c2ccccc2)cc1. The summed E-state index contributed by atoms with van der Waals surface area (Å²) in [6.45, 7) is 1.77. The fraction of sp³-hybridized carbons (Fsp3) is 0.143. The van der Waals surface area contributed by atoms with Gasteiger partial charge in [0.1, 0.15) is 16.5 Å². The summed E-state index contributed by atoms with van der Waals surface area (Å²) in [5.74, 6) is -1.14. The van der Waals surface area contributed by atoms with Crippen LogP contribution in [0.1, 0.15) is 22.2 Å². The van der Waals surface area contributed by atoms with Crippen LogP contribution in [0.4, 0.5) is 5.13 Å². The zero-order valence-electron chi connectivity index (χ0n) is 15.7. The van der Waals surface area contributed by atoms with Gasteiger partial charge >= 0.3 is 5.91 Å². The number of hydrogen-bond donors (Lipinski definition) is 1. The van der Waals surface area contributed by atoms with Gasteiger partial charge in [0, 0.05) is 5.56 Å². The molecule has 8 heteroatoms. The normalized spacial score (nSPS) is 18.3. The first-order valence-electron chi connectivity index (χ1n) is 8.81. The average molecular weight is 407 g/mol. The van der Waals surface area contributed by atoms with Crippen molar-refractivity contribution in [2.45, 2.75) is 13.0 Å². The Morgan fingerprint density at radius 2 is 1.76 bits per heavy atom. The number of aromatic nitrogens is 2. The van der Waals surface area contributed by atoms with E-state index in [2.05, 4.69) is 10.2 Å².